The van der Waals surface area contributed by atoms with E-state index in [0.717, 1.165) is 5.56 Å². The zero-order valence-corrected chi connectivity index (χ0v) is 11.2. The van der Waals surface area contributed by atoms with E-state index in [0.29, 0.717) is 22.9 Å². The molecule has 4 nitrogen and oxygen atoms in total. The standard InChI is InChI=1S/C15H13ClO4/c16-12-3-1-2-10(8-12)9-20-13-6-4-11(5-7-13)14(17)15(18)19/h1-8,14,17H,9H2,(H,18,19). The van der Waals surface area contributed by atoms with Crippen LogP contribution in [0, 0.1) is 0 Å². The molecule has 2 aromatic rings. The summed E-state index contributed by atoms with van der Waals surface area (Å²) in [6.07, 6.45) is -1.52. The highest BCUT2D eigenvalue weighted by Gasteiger charge is 2.15. The molecule has 1 atom stereocenters. The quantitative estimate of drug-likeness (QED) is 0.889. The van der Waals surface area contributed by atoms with Crippen LogP contribution in [0.1, 0.15) is 17.2 Å². The number of halogens is 1. The van der Waals surface area contributed by atoms with E-state index in [1.54, 1.807) is 18.2 Å². The molecule has 0 saturated carbocycles. The number of carboxylic acid groups (broad SMARTS) is 1. The Hall–Kier alpha value is -2.04. The van der Waals surface area contributed by atoms with Crippen LogP contribution in [0.15, 0.2) is 48.5 Å². The first-order valence-corrected chi connectivity index (χ1v) is 6.32. The van der Waals surface area contributed by atoms with Crippen molar-refractivity contribution in [2.24, 2.45) is 0 Å². The summed E-state index contributed by atoms with van der Waals surface area (Å²) in [6.45, 7) is 0.362. The second kappa shape index (κ2) is 6.41. The first-order chi connectivity index (χ1) is 9.56. The Morgan fingerprint density at radius 1 is 1.20 bits per heavy atom. The van der Waals surface area contributed by atoms with E-state index < -0.39 is 12.1 Å². The molecule has 0 spiro atoms. The SMILES string of the molecule is O=C(O)C(O)c1ccc(OCc2cccc(Cl)c2)cc1. The molecule has 2 rings (SSSR count). The van der Waals surface area contributed by atoms with E-state index in [9.17, 15) is 9.90 Å². The van der Waals surface area contributed by atoms with Crippen LogP contribution >= 0.6 is 11.6 Å². The molecule has 20 heavy (non-hydrogen) atoms. The lowest BCUT2D eigenvalue weighted by atomic mass is 10.1. The molecule has 0 saturated heterocycles. The summed E-state index contributed by atoms with van der Waals surface area (Å²) in [6, 6.07) is 13.6. The molecule has 0 amide bonds. The monoisotopic (exact) mass is 292 g/mol. The number of aliphatic hydroxyl groups excluding tert-OH is 1. The van der Waals surface area contributed by atoms with Gasteiger partial charge in [-0.1, -0.05) is 35.9 Å². The first kappa shape index (κ1) is 14.4. The van der Waals surface area contributed by atoms with Crippen molar-refractivity contribution in [2.75, 3.05) is 0 Å². The van der Waals surface area contributed by atoms with Crippen LogP contribution in [0.2, 0.25) is 5.02 Å². The Balaban J connectivity index is 1.99. The number of benzene rings is 2. The molecule has 0 fully saturated rings. The van der Waals surface area contributed by atoms with Gasteiger partial charge < -0.3 is 14.9 Å². The topological polar surface area (TPSA) is 66.8 Å². The first-order valence-electron chi connectivity index (χ1n) is 5.94. The maximum atomic E-state index is 10.6. The number of hydrogen-bond acceptors (Lipinski definition) is 3. The summed E-state index contributed by atoms with van der Waals surface area (Å²) in [5.74, 6) is -0.691. The molecular formula is C15H13ClO4. The van der Waals surface area contributed by atoms with Crippen molar-refractivity contribution in [3.63, 3.8) is 0 Å². The molecule has 2 aromatic carbocycles. The van der Waals surface area contributed by atoms with Gasteiger partial charge in [-0.15, -0.1) is 0 Å². The van der Waals surface area contributed by atoms with Gasteiger partial charge in [0, 0.05) is 5.02 Å². The smallest absolute Gasteiger partial charge is 0.337 e. The average Bonchev–Trinajstić information content (AvgIpc) is 2.45. The summed E-state index contributed by atoms with van der Waals surface area (Å²) in [5, 5.41) is 18.7. The molecule has 5 heteroatoms. The fraction of sp³-hybridized carbons (Fsp3) is 0.133. The van der Waals surface area contributed by atoms with Gasteiger partial charge >= 0.3 is 5.97 Å². The van der Waals surface area contributed by atoms with E-state index in [4.69, 9.17) is 21.4 Å². The minimum Gasteiger partial charge on any atom is -0.489 e. The van der Waals surface area contributed by atoms with Crippen molar-refractivity contribution >= 4 is 17.6 Å². The molecular weight excluding hydrogens is 280 g/mol. The van der Waals surface area contributed by atoms with Crippen LogP contribution in [-0.4, -0.2) is 16.2 Å². The van der Waals surface area contributed by atoms with Crippen molar-refractivity contribution < 1.29 is 19.7 Å². The van der Waals surface area contributed by atoms with Crippen molar-refractivity contribution in [1.29, 1.82) is 0 Å². The lowest BCUT2D eigenvalue weighted by Gasteiger charge is -2.09. The lowest BCUT2D eigenvalue weighted by Crippen LogP contribution is -2.10. The Morgan fingerprint density at radius 2 is 1.90 bits per heavy atom. The third-order valence-corrected chi connectivity index (χ3v) is 2.96. The van der Waals surface area contributed by atoms with Gasteiger partial charge in [0.2, 0.25) is 0 Å². The highest BCUT2D eigenvalue weighted by Crippen LogP contribution is 2.19. The number of aliphatic carboxylic acids is 1. The highest BCUT2D eigenvalue weighted by atomic mass is 35.5. The van der Waals surface area contributed by atoms with Crippen LogP contribution in [0.25, 0.3) is 0 Å². The number of hydrogen-bond donors (Lipinski definition) is 2. The molecule has 0 aliphatic carbocycles. The van der Waals surface area contributed by atoms with Gasteiger partial charge in [0.1, 0.15) is 12.4 Å². The predicted octanol–water partition coefficient (Wildman–Crippen LogP) is 3.04. The molecule has 1 unspecified atom stereocenters. The maximum Gasteiger partial charge on any atom is 0.337 e. The van der Waals surface area contributed by atoms with Gasteiger partial charge in [0.15, 0.2) is 6.10 Å². The molecule has 0 aromatic heterocycles. The van der Waals surface area contributed by atoms with Crippen LogP contribution in [0.3, 0.4) is 0 Å². The third kappa shape index (κ3) is 3.73. The zero-order chi connectivity index (χ0) is 14.5. The molecule has 0 radical (unpaired) electrons. The molecule has 0 aliphatic rings. The Labute approximate surface area is 121 Å². The zero-order valence-electron chi connectivity index (χ0n) is 10.5. The Bertz CT molecular complexity index is 595. The normalized spacial score (nSPS) is 11.9. The second-order valence-corrected chi connectivity index (χ2v) is 4.66. The number of carboxylic acids is 1. The van der Waals surface area contributed by atoms with Crippen LogP contribution in [-0.2, 0) is 11.4 Å². The van der Waals surface area contributed by atoms with Crippen molar-refractivity contribution in [1.82, 2.24) is 0 Å². The van der Waals surface area contributed by atoms with E-state index in [1.807, 2.05) is 18.2 Å². The van der Waals surface area contributed by atoms with E-state index in [-0.39, 0.29) is 0 Å². The van der Waals surface area contributed by atoms with E-state index in [1.165, 1.54) is 12.1 Å². The summed E-state index contributed by atoms with van der Waals surface area (Å²) in [7, 11) is 0. The lowest BCUT2D eigenvalue weighted by molar-refractivity contribution is -0.146. The fourth-order valence-corrected chi connectivity index (χ4v) is 1.90. The fourth-order valence-electron chi connectivity index (χ4n) is 1.68. The summed E-state index contributed by atoms with van der Waals surface area (Å²) < 4.78 is 5.55. The molecule has 104 valence electrons. The van der Waals surface area contributed by atoms with Crippen LogP contribution < -0.4 is 4.74 Å². The summed E-state index contributed by atoms with van der Waals surface area (Å²) >= 11 is 5.87. The molecule has 0 bridgehead atoms. The largest absolute Gasteiger partial charge is 0.489 e. The van der Waals surface area contributed by atoms with Gasteiger partial charge in [0.05, 0.1) is 0 Å². The highest BCUT2D eigenvalue weighted by molar-refractivity contribution is 6.30. The molecule has 2 N–H and O–H groups in total. The molecule has 0 heterocycles. The minimum absolute atomic E-state index is 0.313. The number of aliphatic hydroxyl groups is 1. The Morgan fingerprint density at radius 3 is 2.50 bits per heavy atom. The number of rotatable bonds is 5. The van der Waals surface area contributed by atoms with Gasteiger partial charge in [-0.3, -0.25) is 0 Å². The summed E-state index contributed by atoms with van der Waals surface area (Å²) in [5.41, 5.74) is 1.25. The van der Waals surface area contributed by atoms with Crippen molar-refractivity contribution in [2.45, 2.75) is 12.7 Å². The van der Waals surface area contributed by atoms with E-state index in [2.05, 4.69) is 0 Å². The minimum atomic E-state index is -1.52. The van der Waals surface area contributed by atoms with E-state index >= 15 is 0 Å². The predicted molar refractivity (Wildman–Crippen MR) is 74.8 cm³/mol. The van der Waals surface area contributed by atoms with Crippen molar-refractivity contribution in [3.05, 3.63) is 64.7 Å². The van der Waals surface area contributed by atoms with Crippen molar-refractivity contribution in [3.8, 4) is 5.75 Å². The second-order valence-electron chi connectivity index (χ2n) is 4.23. The number of carbonyl (C=O) groups is 1. The Kier molecular flexibility index (Phi) is 4.61. The summed E-state index contributed by atoms with van der Waals surface area (Å²) in [4.78, 5) is 10.6. The van der Waals surface area contributed by atoms with Crippen LogP contribution in [0.4, 0.5) is 0 Å². The molecule has 0 aliphatic heterocycles. The van der Waals surface area contributed by atoms with Gasteiger partial charge in [0.25, 0.3) is 0 Å². The average molecular weight is 293 g/mol. The van der Waals surface area contributed by atoms with Gasteiger partial charge in [-0.25, -0.2) is 4.79 Å². The van der Waals surface area contributed by atoms with Gasteiger partial charge in [-0.05, 0) is 35.4 Å². The maximum absolute atomic E-state index is 10.6. The third-order valence-electron chi connectivity index (χ3n) is 2.72. The van der Waals surface area contributed by atoms with Crippen LogP contribution in [0.5, 0.6) is 5.75 Å². The number of ether oxygens (including phenoxy) is 1. The van der Waals surface area contributed by atoms with Gasteiger partial charge in [-0.2, -0.15) is 0 Å².